The van der Waals surface area contributed by atoms with Gasteiger partial charge in [-0.15, -0.1) is 0 Å². The molecule has 1 aliphatic heterocycles. The summed E-state index contributed by atoms with van der Waals surface area (Å²) in [4.78, 5) is 12.1. The van der Waals surface area contributed by atoms with Gasteiger partial charge in [0.2, 0.25) is 10.0 Å². The summed E-state index contributed by atoms with van der Waals surface area (Å²) in [5, 5.41) is 6.77. The van der Waals surface area contributed by atoms with Gasteiger partial charge in [0.25, 0.3) is 5.91 Å². The van der Waals surface area contributed by atoms with Crippen molar-refractivity contribution in [2.75, 3.05) is 13.1 Å². The third kappa shape index (κ3) is 3.30. The van der Waals surface area contributed by atoms with Crippen molar-refractivity contribution in [3.8, 4) is 0 Å². The number of nitrogens with one attached hydrogen (secondary N) is 1. The normalized spacial score (nSPS) is 17.3. The smallest absolute Gasteiger partial charge is 0.287 e. The van der Waals surface area contributed by atoms with Crippen LogP contribution in [0.25, 0.3) is 0 Å². The van der Waals surface area contributed by atoms with E-state index >= 15 is 0 Å². The summed E-state index contributed by atoms with van der Waals surface area (Å²) in [7, 11) is -1.84. The van der Waals surface area contributed by atoms with Crippen molar-refractivity contribution in [3.05, 3.63) is 36.5 Å². The molecule has 0 unspecified atom stereocenters. The number of carbonyl (C=O) groups excluding carboxylic acids is 1. The molecule has 1 saturated heterocycles. The Balaban J connectivity index is 1.59. The Hall–Kier alpha value is -2.13. The summed E-state index contributed by atoms with van der Waals surface area (Å²) < 4.78 is 32.9. The van der Waals surface area contributed by atoms with Crippen LogP contribution in [0.3, 0.4) is 0 Å². The second-order valence-electron chi connectivity index (χ2n) is 5.48. The van der Waals surface area contributed by atoms with E-state index in [9.17, 15) is 13.2 Å². The number of aryl methyl sites for hydroxylation is 1. The lowest BCUT2D eigenvalue weighted by atomic mass is 10.1. The monoisotopic (exact) mass is 338 g/mol. The van der Waals surface area contributed by atoms with Gasteiger partial charge in [-0.3, -0.25) is 9.48 Å². The topological polar surface area (TPSA) is 97.4 Å². The molecule has 0 spiro atoms. The number of hydrogen-bond acceptors (Lipinski definition) is 5. The minimum atomic E-state index is -3.52. The lowest BCUT2D eigenvalue weighted by molar-refractivity contribution is 0.0895. The quantitative estimate of drug-likeness (QED) is 0.880. The predicted octanol–water partition coefficient (Wildman–Crippen LogP) is 0.596. The van der Waals surface area contributed by atoms with Crippen LogP contribution in [0.2, 0.25) is 0 Å². The van der Waals surface area contributed by atoms with Crippen LogP contribution in [-0.2, 0) is 17.1 Å². The summed E-state index contributed by atoms with van der Waals surface area (Å²) in [5.41, 5.74) is 0. The van der Waals surface area contributed by atoms with Gasteiger partial charge in [0, 0.05) is 32.4 Å². The zero-order valence-electron chi connectivity index (χ0n) is 12.7. The molecule has 0 aromatic carbocycles. The number of hydrogen-bond donors (Lipinski definition) is 1. The molecule has 2 aromatic rings. The molecule has 9 heteroatoms. The Morgan fingerprint density at radius 3 is 2.70 bits per heavy atom. The maximum absolute atomic E-state index is 12.5. The number of piperidine rings is 1. The number of aromatic nitrogens is 2. The maximum atomic E-state index is 12.5. The molecule has 1 fully saturated rings. The molecule has 0 aliphatic carbocycles. The van der Waals surface area contributed by atoms with Gasteiger partial charge < -0.3 is 9.73 Å². The minimum absolute atomic E-state index is 0.0621. The molecule has 2 aromatic heterocycles. The van der Waals surface area contributed by atoms with E-state index in [1.54, 1.807) is 19.2 Å². The largest absolute Gasteiger partial charge is 0.459 e. The standard InChI is InChI=1S/C14H18N4O4S/c1-17-10-12(9-15-17)23(20,21)18-6-4-11(5-7-18)16-14(19)13-3-2-8-22-13/h2-3,8-11H,4-7H2,1H3,(H,16,19). The molecule has 124 valence electrons. The lowest BCUT2D eigenvalue weighted by Crippen LogP contribution is -2.46. The van der Waals surface area contributed by atoms with Gasteiger partial charge in [0.05, 0.1) is 12.5 Å². The van der Waals surface area contributed by atoms with Crippen molar-refractivity contribution < 1.29 is 17.6 Å². The Bertz CT molecular complexity index is 774. The van der Waals surface area contributed by atoms with Crippen LogP contribution in [0.1, 0.15) is 23.4 Å². The average Bonchev–Trinajstić information content (AvgIpc) is 3.19. The number of sulfonamides is 1. The van der Waals surface area contributed by atoms with Crippen LogP contribution >= 0.6 is 0 Å². The van der Waals surface area contributed by atoms with Gasteiger partial charge in [0.1, 0.15) is 4.90 Å². The summed E-state index contributed by atoms with van der Waals surface area (Å²) >= 11 is 0. The summed E-state index contributed by atoms with van der Waals surface area (Å²) in [6.07, 6.45) is 5.40. The van der Waals surface area contributed by atoms with Crippen LogP contribution in [0.5, 0.6) is 0 Å². The van der Waals surface area contributed by atoms with E-state index in [0.29, 0.717) is 25.9 Å². The lowest BCUT2D eigenvalue weighted by Gasteiger charge is -2.31. The molecule has 3 rings (SSSR count). The Morgan fingerprint density at radius 2 is 2.13 bits per heavy atom. The SMILES string of the molecule is Cn1cc(S(=O)(=O)N2CCC(NC(=O)c3ccco3)CC2)cn1. The van der Waals surface area contributed by atoms with E-state index in [-0.39, 0.29) is 22.6 Å². The van der Waals surface area contributed by atoms with Crippen molar-refractivity contribution >= 4 is 15.9 Å². The zero-order valence-corrected chi connectivity index (χ0v) is 13.5. The molecule has 0 bridgehead atoms. The Morgan fingerprint density at radius 1 is 1.39 bits per heavy atom. The van der Waals surface area contributed by atoms with Crippen molar-refractivity contribution in [2.45, 2.75) is 23.8 Å². The van der Waals surface area contributed by atoms with Crippen LogP contribution in [0.4, 0.5) is 0 Å². The van der Waals surface area contributed by atoms with Crippen LogP contribution in [0, 0.1) is 0 Å². The van der Waals surface area contributed by atoms with E-state index in [1.807, 2.05) is 0 Å². The molecule has 1 amide bonds. The Labute approximate surface area is 134 Å². The Kier molecular flexibility index (Phi) is 4.22. The van der Waals surface area contributed by atoms with E-state index in [4.69, 9.17) is 4.42 Å². The fourth-order valence-corrected chi connectivity index (χ4v) is 4.04. The molecule has 0 atom stereocenters. The van der Waals surface area contributed by atoms with Crippen LogP contribution < -0.4 is 5.32 Å². The highest BCUT2D eigenvalue weighted by Crippen LogP contribution is 2.20. The first kappa shape index (κ1) is 15.8. The number of nitrogens with zero attached hydrogens (tertiary/aromatic N) is 3. The molecule has 8 nitrogen and oxygen atoms in total. The van der Waals surface area contributed by atoms with Crippen LogP contribution in [0.15, 0.2) is 40.1 Å². The highest BCUT2D eigenvalue weighted by Gasteiger charge is 2.31. The second kappa shape index (κ2) is 6.17. The molecular formula is C14H18N4O4S. The molecule has 1 N–H and O–H groups in total. The summed E-state index contributed by atoms with van der Waals surface area (Å²) in [6, 6.07) is 3.18. The zero-order chi connectivity index (χ0) is 16.4. The van der Waals surface area contributed by atoms with Gasteiger partial charge in [0.15, 0.2) is 5.76 Å². The summed E-state index contributed by atoms with van der Waals surface area (Å²) in [6.45, 7) is 0.723. The second-order valence-corrected chi connectivity index (χ2v) is 7.42. The number of furan rings is 1. The molecule has 23 heavy (non-hydrogen) atoms. The van der Waals surface area contributed by atoms with Gasteiger partial charge in [-0.25, -0.2) is 8.42 Å². The van der Waals surface area contributed by atoms with Crippen molar-refractivity contribution in [2.24, 2.45) is 7.05 Å². The highest BCUT2D eigenvalue weighted by molar-refractivity contribution is 7.89. The van der Waals surface area contributed by atoms with E-state index in [2.05, 4.69) is 10.4 Å². The minimum Gasteiger partial charge on any atom is -0.459 e. The fraction of sp³-hybridized carbons (Fsp3) is 0.429. The number of amides is 1. The molecule has 1 aliphatic rings. The summed E-state index contributed by atoms with van der Waals surface area (Å²) in [5.74, 6) is -0.0148. The third-order valence-corrected chi connectivity index (χ3v) is 5.70. The third-order valence-electron chi connectivity index (χ3n) is 3.85. The fourth-order valence-electron chi connectivity index (χ4n) is 2.59. The first-order valence-electron chi connectivity index (χ1n) is 7.30. The molecular weight excluding hydrogens is 320 g/mol. The van der Waals surface area contributed by atoms with Crippen molar-refractivity contribution in [1.82, 2.24) is 19.4 Å². The molecule has 0 saturated carbocycles. The van der Waals surface area contributed by atoms with Crippen molar-refractivity contribution in [1.29, 1.82) is 0 Å². The van der Waals surface area contributed by atoms with Crippen LogP contribution in [-0.4, -0.2) is 47.5 Å². The number of rotatable bonds is 4. The highest BCUT2D eigenvalue weighted by atomic mass is 32.2. The molecule has 0 radical (unpaired) electrons. The van der Waals surface area contributed by atoms with E-state index < -0.39 is 10.0 Å². The maximum Gasteiger partial charge on any atom is 0.287 e. The van der Waals surface area contributed by atoms with E-state index in [1.165, 1.54) is 27.6 Å². The van der Waals surface area contributed by atoms with E-state index in [0.717, 1.165) is 0 Å². The van der Waals surface area contributed by atoms with Gasteiger partial charge in [-0.1, -0.05) is 0 Å². The van der Waals surface area contributed by atoms with Gasteiger partial charge in [-0.05, 0) is 25.0 Å². The number of carbonyl (C=O) groups is 1. The predicted molar refractivity (Wildman–Crippen MR) is 81.2 cm³/mol. The molecule has 3 heterocycles. The van der Waals surface area contributed by atoms with Gasteiger partial charge >= 0.3 is 0 Å². The first-order valence-corrected chi connectivity index (χ1v) is 8.74. The first-order chi connectivity index (χ1) is 11.0. The van der Waals surface area contributed by atoms with Gasteiger partial charge in [-0.2, -0.15) is 9.40 Å². The average molecular weight is 338 g/mol. The van der Waals surface area contributed by atoms with Crippen molar-refractivity contribution in [3.63, 3.8) is 0 Å².